The van der Waals surface area contributed by atoms with E-state index >= 15 is 0 Å². The number of ether oxygens (including phenoxy) is 1. The van der Waals surface area contributed by atoms with E-state index in [-0.39, 0.29) is 29.8 Å². The fourth-order valence-corrected chi connectivity index (χ4v) is 4.71. The molecule has 0 bridgehead atoms. The first-order valence-electron chi connectivity index (χ1n) is 13.7. The van der Waals surface area contributed by atoms with E-state index in [1.807, 2.05) is 32.6 Å². The number of pyridine rings is 1. The van der Waals surface area contributed by atoms with Gasteiger partial charge in [0.1, 0.15) is 5.69 Å². The minimum Gasteiger partial charge on any atom is -0.422 e. The molecule has 0 saturated heterocycles. The van der Waals surface area contributed by atoms with Crippen LogP contribution in [0.25, 0.3) is 16.9 Å². The minimum atomic E-state index is -0.485. The third kappa shape index (κ3) is 5.63. The van der Waals surface area contributed by atoms with Crippen molar-refractivity contribution in [1.82, 2.24) is 24.1 Å². The zero-order valence-electron chi connectivity index (χ0n) is 24.5. The summed E-state index contributed by atoms with van der Waals surface area (Å²) in [6.45, 7) is 12.4. The van der Waals surface area contributed by atoms with Gasteiger partial charge in [0.15, 0.2) is 17.2 Å². The van der Waals surface area contributed by atoms with Crippen LogP contribution in [0, 0.1) is 0 Å². The second-order valence-electron chi connectivity index (χ2n) is 9.69. The van der Waals surface area contributed by atoms with Crippen LogP contribution in [0.3, 0.4) is 0 Å². The van der Waals surface area contributed by atoms with Crippen LogP contribution in [-0.2, 0) is 16.6 Å². The van der Waals surface area contributed by atoms with E-state index in [4.69, 9.17) is 9.72 Å². The Morgan fingerprint density at radius 3 is 2.44 bits per heavy atom. The number of fused-ring (bicyclic) bond motifs is 1. The molecule has 1 aromatic carbocycles. The van der Waals surface area contributed by atoms with Gasteiger partial charge in [0, 0.05) is 45.7 Å². The van der Waals surface area contributed by atoms with E-state index < -0.39 is 5.97 Å². The number of imidazole rings is 1. The molecule has 4 aromatic rings. The van der Waals surface area contributed by atoms with Crippen LogP contribution in [0.15, 0.2) is 47.5 Å². The molecule has 1 amide bonds. The summed E-state index contributed by atoms with van der Waals surface area (Å²) in [6.07, 6.45) is 3.33. The van der Waals surface area contributed by atoms with Gasteiger partial charge in [-0.1, -0.05) is 13.0 Å². The molecule has 3 heterocycles. The van der Waals surface area contributed by atoms with Crippen molar-refractivity contribution in [3.63, 3.8) is 0 Å². The number of nitrogens with zero attached hydrogens (tertiary/aromatic N) is 7. The molecule has 3 aromatic heterocycles. The number of rotatable bonds is 10. The summed E-state index contributed by atoms with van der Waals surface area (Å²) in [4.78, 5) is 56.1. The van der Waals surface area contributed by atoms with Crippen molar-refractivity contribution < 1.29 is 14.3 Å². The number of amides is 1. The lowest BCUT2D eigenvalue weighted by atomic mass is 10.2. The van der Waals surface area contributed by atoms with E-state index in [0.717, 1.165) is 0 Å². The average Bonchev–Trinajstić information content (AvgIpc) is 3.20. The van der Waals surface area contributed by atoms with E-state index in [0.29, 0.717) is 53.1 Å². The standard InChI is InChI=1S/C29H36N8O4/c1-8-24(39)41-25-20(13-11-14-21(25)37-27-22(15-12-16-30-27)34(7)29(37)40)32-26-23(36(18(4)5)19(6)38)17-31-28(33-26)35(9-2)10-3/h11-18H,8-10H2,1-7H3,(H,31,32,33). The molecule has 0 saturated carbocycles. The van der Waals surface area contributed by atoms with Crippen molar-refractivity contribution >= 4 is 46.2 Å². The van der Waals surface area contributed by atoms with Crippen molar-refractivity contribution in [1.29, 1.82) is 0 Å². The molecule has 0 fully saturated rings. The van der Waals surface area contributed by atoms with Crippen molar-refractivity contribution in [2.75, 3.05) is 28.2 Å². The van der Waals surface area contributed by atoms with Crippen LogP contribution < -0.4 is 25.5 Å². The number of hydrogen-bond donors (Lipinski definition) is 1. The first-order chi connectivity index (χ1) is 19.6. The number of aryl methyl sites for hydroxylation is 1. The maximum Gasteiger partial charge on any atom is 0.334 e. The average molecular weight is 561 g/mol. The highest BCUT2D eigenvalue weighted by Gasteiger charge is 2.25. The number of esters is 1. The largest absolute Gasteiger partial charge is 0.422 e. The Balaban J connectivity index is 1.97. The fourth-order valence-electron chi connectivity index (χ4n) is 4.71. The normalized spacial score (nSPS) is 11.1. The molecule has 0 aliphatic heterocycles. The van der Waals surface area contributed by atoms with E-state index in [9.17, 15) is 14.4 Å². The van der Waals surface area contributed by atoms with Gasteiger partial charge in [-0.3, -0.25) is 14.2 Å². The van der Waals surface area contributed by atoms with Gasteiger partial charge in [-0.25, -0.2) is 19.3 Å². The monoisotopic (exact) mass is 560 g/mol. The fraction of sp³-hybridized carbons (Fsp3) is 0.379. The molecule has 4 rings (SSSR count). The predicted molar refractivity (Wildman–Crippen MR) is 159 cm³/mol. The summed E-state index contributed by atoms with van der Waals surface area (Å²) in [6, 6.07) is 8.53. The van der Waals surface area contributed by atoms with Gasteiger partial charge in [0.05, 0.1) is 23.1 Å². The van der Waals surface area contributed by atoms with Gasteiger partial charge in [-0.2, -0.15) is 4.98 Å². The highest BCUT2D eigenvalue weighted by molar-refractivity contribution is 5.96. The Morgan fingerprint density at radius 1 is 1.07 bits per heavy atom. The lowest BCUT2D eigenvalue weighted by Gasteiger charge is -2.28. The van der Waals surface area contributed by atoms with E-state index in [2.05, 4.69) is 15.3 Å². The van der Waals surface area contributed by atoms with Crippen molar-refractivity contribution in [3.05, 3.63) is 53.2 Å². The van der Waals surface area contributed by atoms with Crippen LogP contribution in [0.2, 0.25) is 0 Å². The molecule has 0 spiro atoms. The number of benzene rings is 1. The number of carbonyl (C=O) groups is 2. The van der Waals surface area contributed by atoms with Gasteiger partial charge in [-0.05, 0) is 52.0 Å². The Morgan fingerprint density at radius 2 is 1.80 bits per heavy atom. The molecule has 0 atom stereocenters. The van der Waals surface area contributed by atoms with Crippen LogP contribution in [0.4, 0.5) is 23.1 Å². The molecule has 1 N–H and O–H groups in total. The first kappa shape index (κ1) is 29.2. The van der Waals surface area contributed by atoms with Crippen molar-refractivity contribution in [2.45, 2.75) is 54.0 Å². The molecule has 12 nitrogen and oxygen atoms in total. The molecule has 12 heteroatoms. The number of nitrogens with one attached hydrogen (secondary N) is 1. The van der Waals surface area contributed by atoms with E-state index in [1.165, 1.54) is 16.1 Å². The second kappa shape index (κ2) is 12.2. The maximum atomic E-state index is 13.4. The molecule has 216 valence electrons. The summed E-state index contributed by atoms with van der Waals surface area (Å²) in [5.74, 6) is 0.293. The summed E-state index contributed by atoms with van der Waals surface area (Å²) in [5.41, 5.74) is 1.86. The first-order valence-corrected chi connectivity index (χ1v) is 13.7. The second-order valence-corrected chi connectivity index (χ2v) is 9.69. The zero-order valence-corrected chi connectivity index (χ0v) is 24.5. The quantitative estimate of drug-likeness (QED) is 0.224. The molecule has 0 aliphatic carbocycles. The van der Waals surface area contributed by atoms with Gasteiger partial charge < -0.3 is 19.9 Å². The van der Waals surface area contributed by atoms with Crippen LogP contribution >= 0.6 is 0 Å². The molecule has 0 unspecified atom stereocenters. The highest BCUT2D eigenvalue weighted by Crippen LogP contribution is 2.37. The number of anilines is 4. The number of aromatic nitrogens is 5. The third-order valence-corrected chi connectivity index (χ3v) is 6.73. The zero-order chi connectivity index (χ0) is 29.8. The van der Waals surface area contributed by atoms with E-state index in [1.54, 1.807) is 61.6 Å². The Labute approximate surface area is 238 Å². The predicted octanol–water partition coefficient (Wildman–Crippen LogP) is 4.18. The molecule has 0 aliphatic rings. The molecular weight excluding hydrogens is 524 g/mol. The third-order valence-electron chi connectivity index (χ3n) is 6.73. The molecule has 0 radical (unpaired) electrons. The van der Waals surface area contributed by atoms with Crippen LogP contribution in [0.1, 0.15) is 48.0 Å². The van der Waals surface area contributed by atoms with Crippen LogP contribution in [0.5, 0.6) is 5.75 Å². The van der Waals surface area contributed by atoms with Gasteiger partial charge >= 0.3 is 11.7 Å². The number of carbonyl (C=O) groups excluding carboxylic acids is 2. The smallest absolute Gasteiger partial charge is 0.334 e. The Kier molecular flexibility index (Phi) is 8.70. The summed E-state index contributed by atoms with van der Waals surface area (Å²) in [7, 11) is 1.66. The summed E-state index contributed by atoms with van der Waals surface area (Å²) in [5, 5.41) is 3.30. The molecule has 41 heavy (non-hydrogen) atoms. The molecular formula is C29H36N8O4. The summed E-state index contributed by atoms with van der Waals surface area (Å²) >= 11 is 0. The van der Waals surface area contributed by atoms with Crippen molar-refractivity contribution in [3.8, 4) is 11.4 Å². The maximum absolute atomic E-state index is 13.4. The van der Waals surface area contributed by atoms with Crippen molar-refractivity contribution in [2.24, 2.45) is 7.05 Å². The topological polar surface area (TPSA) is 127 Å². The lowest BCUT2D eigenvalue weighted by molar-refractivity contribution is -0.134. The Bertz CT molecular complexity index is 1640. The highest BCUT2D eigenvalue weighted by atomic mass is 16.5. The van der Waals surface area contributed by atoms with Gasteiger partial charge in [0.25, 0.3) is 0 Å². The summed E-state index contributed by atoms with van der Waals surface area (Å²) < 4.78 is 8.75. The SMILES string of the molecule is CCC(=O)Oc1c(Nc2nc(N(CC)CC)ncc2N(C(C)=O)C(C)C)cccc1-n1c(=O)n(C)c2cccnc21. The minimum absolute atomic E-state index is 0.118. The Hall–Kier alpha value is -4.74. The van der Waals surface area contributed by atoms with Gasteiger partial charge in [-0.15, -0.1) is 0 Å². The number of para-hydroxylation sites is 1. The lowest BCUT2D eigenvalue weighted by Crippen LogP contribution is -2.36. The number of hydrogen-bond acceptors (Lipinski definition) is 9. The van der Waals surface area contributed by atoms with Crippen LogP contribution in [-0.4, -0.2) is 55.1 Å². The van der Waals surface area contributed by atoms with Gasteiger partial charge in [0.2, 0.25) is 11.9 Å².